The molecule has 5 nitrogen and oxygen atoms in total. The van der Waals surface area contributed by atoms with Crippen LogP contribution in [0.3, 0.4) is 0 Å². The van der Waals surface area contributed by atoms with Crippen LogP contribution in [0.1, 0.15) is 24.2 Å². The van der Waals surface area contributed by atoms with Crippen LogP contribution < -0.4 is 10.9 Å². The second kappa shape index (κ2) is 7.96. The van der Waals surface area contributed by atoms with E-state index in [4.69, 9.17) is 0 Å². The van der Waals surface area contributed by atoms with Gasteiger partial charge in [-0.2, -0.15) is 0 Å². The van der Waals surface area contributed by atoms with Crippen LogP contribution in [-0.2, 0) is 10.5 Å². The molecule has 26 heavy (non-hydrogen) atoms. The molecule has 3 rings (SSSR count). The zero-order chi connectivity index (χ0) is 18.7. The van der Waals surface area contributed by atoms with E-state index in [9.17, 15) is 18.4 Å². The number of amides is 1. The van der Waals surface area contributed by atoms with Gasteiger partial charge in [0.05, 0.1) is 17.5 Å². The number of rotatable bonds is 6. The molecular formula is C17H15F2N3O2S2. The van der Waals surface area contributed by atoms with Crippen molar-refractivity contribution < 1.29 is 13.6 Å². The number of nitrogens with zero attached hydrogens (tertiary/aromatic N) is 2. The second-order valence-electron chi connectivity index (χ2n) is 5.60. The summed E-state index contributed by atoms with van der Waals surface area (Å²) in [7, 11) is 0. The summed E-state index contributed by atoms with van der Waals surface area (Å²) in [5.74, 6) is -1.51. The largest absolute Gasteiger partial charge is 0.349 e. The van der Waals surface area contributed by atoms with Gasteiger partial charge in [0.25, 0.3) is 5.56 Å². The molecule has 2 aromatic heterocycles. The summed E-state index contributed by atoms with van der Waals surface area (Å²) in [6.07, 6.45) is 1.67. The van der Waals surface area contributed by atoms with Crippen molar-refractivity contribution >= 4 is 34.0 Å². The second-order valence-corrected chi connectivity index (χ2v) is 7.46. The number of fused-ring (bicyclic) bond motifs is 1. The molecule has 2 heterocycles. The van der Waals surface area contributed by atoms with E-state index >= 15 is 0 Å². The molecule has 0 spiro atoms. The third kappa shape index (κ3) is 4.28. The molecule has 1 atom stereocenters. The quantitative estimate of drug-likeness (QED) is 0.697. The predicted molar refractivity (Wildman–Crippen MR) is 98.4 cm³/mol. The number of carbonyl (C=O) groups is 1. The van der Waals surface area contributed by atoms with Crippen LogP contribution in [-0.4, -0.2) is 21.0 Å². The van der Waals surface area contributed by atoms with E-state index in [2.05, 4.69) is 10.3 Å². The predicted octanol–water partition coefficient (Wildman–Crippen LogP) is 3.14. The Labute approximate surface area is 156 Å². The molecule has 0 aliphatic heterocycles. The lowest BCUT2D eigenvalue weighted by atomic mass is 10.1. The van der Waals surface area contributed by atoms with Crippen molar-refractivity contribution in [3.8, 4) is 0 Å². The van der Waals surface area contributed by atoms with Crippen LogP contribution in [0.5, 0.6) is 0 Å². The van der Waals surface area contributed by atoms with Crippen molar-refractivity contribution in [3.63, 3.8) is 0 Å². The summed E-state index contributed by atoms with van der Waals surface area (Å²) in [4.78, 5) is 28.9. The van der Waals surface area contributed by atoms with Gasteiger partial charge in [-0.1, -0.05) is 6.07 Å². The molecule has 0 fully saturated rings. The number of aromatic nitrogens is 2. The fourth-order valence-corrected chi connectivity index (χ4v) is 3.82. The minimum absolute atomic E-state index is 0.150. The first-order valence-electron chi connectivity index (χ1n) is 7.72. The average molecular weight is 395 g/mol. The summed E-state index contributed by atoms with van der Waals surface area (Å²) < 4.78 is 27.7. The fraction of sp³-hybridized carbons (Fsp3) is 0.235. The number of carbonyl (C=O) groups excluding carboxylic acids is 1. The van der Waals surface area contributed by atoms with Crippen molar-refractivity contribution in [2.24, 2.45) is 0 Å². The Morgan fingerprint density at radius 1 is 1.35 bits per heavy atom. The normalized spacial score (nSPS) is 12.3. The molecule has 1 unspecified atom stereocenters. The standard InChI is InChI=1S/C17H15F2N3O2S2/c1-10(11-2-3-13(18)14(19)6-11)20-15(23)9-25-8-12-7-16(24)22-4-5-26-17(22)21-12/h2-7,10H,8-9H2,1H3,(H,20,23). The molecule has 0 saturated heterocycles. The number of benzene rings is 1. The van der Waals surface area contributed by atoms with Gasteiger partial charge < -0.3 is 5.32 Å². The molecule has 0 bridgehead atoms. The fourth-order valence-electron chi connectivity index (χ4n) is 2.36. The maximum Gasteiger partial charge on any atom is 0.258 e. The van der Waals surface area contributed by atoms with Crippen LogP contribution in [0.4, 0.5) is 8.78 Å². The molecule has 1 N–H and O–H groups in total. The third-order valence-electron chi connectivity index (χ3n) is 3.66. The highest BCUT2D eigenvalue weighted by molar-refractivity contribution is 7.99. The highest BCUT2D eigenvalue weighted by atomic mass is 32.2. The minimum atomic E-state index is -0.945. The molecule has 0 radical (unpaired) electrons. The van der Waals surface area contributed by atoms with Gasteiger partial charge >= 0.3 is 0 Å². The van der Waals surface area contributed by atoms with Gasteiger partial charge in [0.2, 0.25) is 5.91 Å². The van der Waals surface area contributed by atoms with Gasteiger partial charge in [-0.15, -0.1) is 23.1 Å². The van der Waals surface area contributed by atoms with E-state index in [1.54, 1.807) is 18.5 Å². The van der Waals surface area contributed by atoms with Crippen LogP contribution in [0.2, 0.25) is 0 Å². The van der Waals surface area contributed by atoms with Gasteiger partial charge in [-0.25, -0.2) is 13.8 Å². The van der Waals surface area contributed by atoms with Gasteiger partial charge in [0.15, 0.2) is 16.6 Å². The SMILES string of the molecule is CC(NC(=O)CSCc1cc(=O)n2ccsc2n1)c1ccc(F)c(F)c1. The van der Waals surface area contributed by atoms with E-state index in [1.165, 1.54) is 39.6 Å². The van der Waals surface area contributed by atoms with Crippen molar-refractivity contribution in [1.29, 1.82) is 0 Å². The molecule has 0 saturated carbocycles. The van der Waals surface area contributed by atoms with Crippen LogP contribution in [0, 0.1) is 11.6 Å². The van der Waals surface area contributed by atoms with Gasteiger partial charge in [0, 0.05) is 23.4 Å². The Kier molecular flexibility index (Phi) is 5.67. The lowest BCUT2D eigenvalue weighted by molar-refractivity contribution is -0.119. The maximum absolute atomic E-state index is 13.3. The molecule has 136 valence electrons. The summed E-state index contributed by atoms with van der Waals surface area (Å²) in [6, 6.07) is 4.55. The van der Waals surface area contributed by atoms with Gasteiger partial charge in [0.1, 0.15) is 0 Å². The summed E-state index contributed by atoms with van der Waals surface area (Å²) in [5.41, 5.74) is 0.951. The number of halogens is 2. The molecule has 3 aromatic rings. The van der Waals surface area contributed by atoms with E-state index in [0.29, 0.717) is 22.0 Å². The maximum atomic E-state index is 13.3. The van der Waals surface area contributed by atoms with Crippen LogP contribution in [0.25, 0.3) is 4.96 Å². The van der Waals surface area contributed by atoms with Crippen LogP contribution >= 0.6 is 23.1 Å². The monoisotopic (exact) mass is 395 g/mol. The Bertz CT molecular complexity index is 1000. The summed E-state index contributed by atoms with van der Waals surface area (Å²) in [5, 5.41) is 4.52. The molecule has 9 heteroatoms. The third-order valence-corrected chi connectivity index (χ3v) is 5.38. The first kappa shape index (κ1) is 18.5. The van der Waals surface area contributed by atoms with E-state index in [0.717, 1.165) is 12.1 Å². The highest BCUT2D eigenvalue weighted by Gasteiger charge is 2.12. The van der Waals surface area contributed by atoms with Gasteiger partial charge in [-0.05, 0) is 24.6 Å². The number of thiazole rings is 1. The first-order valence-corrected chi connectivity index (χ1v) is 9.75. The van der Waals surface area contributed by atoms with Crippen molar-refractivity contribution in [2.45, 2.75) is 18.7 Å². The Hall–Kier alpha value is -2.26. The lowest BCUT2D eigenvalue weighted by Crippen LogP contribution is -2.28. The summed E-state index contributed by atoms with van der Waals surface area (Å²) in [6.45, 7) is 1.70. The minimum Gasteiger partial charge on any atom is -0.349 e. The molecule has 0 aliphatic rings. The zero-order valence-electron chi connectivity index (χ0n) is 13.7. The average Bonchev–Trinajstić information content (AvgIpc) is 3.06. The zero-order valence-corrected chi connectivity index (χ0v) is 15.4. The van der Waals surface area contributed by atoms with E-state index < -0.39 is 17.7 Å². The summed E-state index contributed by atoms with van der Waals surface area (Å²) >= 11 is 2.69. The number of thioether (sulfide) groups is 1. The topological polar surface area (TPSA) is 63.5 Å². The Balaban J connectivity index is 1.53. The molecule has 0 aliphatic carbocycles. The van der Waals surface area contributed by atoms with Crippen molar-refractivity contribution in [1.82, 2.24) is 14.7 Å². The number of hydrogen-bond donors (Lipinski definition) is 1. The number of hydrogen-bond acceptors (Lipinski definition) is 5. The van der Waals surface area contributed by atoms with Crippen molar-refractivity contribution in [3.05, 3.63) is 69.1 Å². The van der Waals surface area contributed by atoms with Crippen molar-refractivity contribution in [2.75, 3.05) is 5.75 Å². The van der Waals surface area contributed by atoms with Crippen LogP contribution in [0.15, 0.2) is 40.6 Å². The lowest BCUT2D eigenvalue weighted by Gasteiger charge is -2.14. The number of nitrogens with one attached hydrogen (secondary N) is 1. The van der Waals surface area contributed by atoms with Gasteiger partial charge in [-0.3, -0.25) is 14.0 Å². The Morgan fingerprint density at radius 3 is 2.92 bits per heavy atom. The Morgan fingerprint density at radius 2 is 2.15 bits per heavy atom. The first-order chi connectivity index (χ1) is 12.4. The molecular weight excluding hydrogens is 380 g/mol. The highest BCUT2D eigenvalue weighted by Crippen LogP contribution is 2.17. The van der Waals surface area contributed by atoms with E-state index in [1.807, 2.05) is 0 Å². The molecule has 1 aromatic carbocycles. The van der Waals surface area contributed by atoms with E-state index in [-0.39, 0.29) is 17.2 Å². The molecule has 1 amide bonds. The smallest absolute Gasteiger partial charge is 0.258 e.